The number of nitrogens with one attached hydrogen (secondary N) is 1. The highest BCUT2D eigenvalue weighted by Gasteiger charge is 2.20. The van der Waals surface area contributed by atoms with Gasteiger partial charge in [-0.1, -0.05) is 39.0 Å². The van der Waals surface area contributed by atoms with E-state index in [0.717, 1.165) is 19.5 Å². The molecule has 1 atom stereocenters. The Morgan fingerprint density at radius 1 is 1.09 bits per heavy atom. The lowest BCUT2D eigenvalue weighted by Gasteiger charge is -2.26. The summed E-state index contributed by atoms with van der Waals surface area (Å²) in [5, 5.41) is 3.56. The van der Waals surface area contributed by atoms with Gasteiger partial charge in [0.2, 0.25) is 0 Å². The maximum Gasteiger partial charge on any atom is 0.410 e. The number of unbranched alkanes of at least 4 members (excludes halogenated alkanes) is 4. The molecule has 0 aromatic carbocycles. The van der Waals surface area contributed by atoms with Gasteiger partial charge >= 0.3 is 6.09 Å². The van der Waals surface area contributed by atoms with Crippen LogP contribution in [0.4, 0.5) is 4.79 Å². The molecule has 0 radical (unpaired) electrons. The van der Waals surface area contributed by atoms with Crippen LogP contribution in [0, 0.1) is 0 Å². The molecule has 0 rings (SSSR count). The molecule has 1 amide bonds. The highest BCUT2D eigenvalue weighted by atomic mass is 16.6. The number of ether oxygens (including phenoxy) is 1. The summed E-state index contributed by atoms with van der Waals surface area (Å²) in [6.07, 6.45) is 8.70. The molecular weight excluding hydrogens is 288 g/mol. The van der Waals surface area contributed by atoms with Crippen molar-refractivity contribution in [3.05, 3.63) is 0 Å². The van der Waals surface area contributed by atoms with Crippen molar-refractivity contribution in [2.75, 3.05) is 19.6 Å². The van der Waals surface area contributed by atoms with E-state index in [1.54, 1.807) is 4.90 Å². The summed E-state index contributed by atoms with van der Waals surface area (Å²) in [6.45, 7) is 14.6. The van der Waals surface area contributed by atoms with Crippen molar-refractivity contribution in [3.8, 4) is 0 Å². The molecule has 0 saturated heterocycles. The summed E-state index contributed by atoms with van der Waals surface area (Å²) in [4.78, 5) is 13.8. The average molecular weight is 329 g/mol. The number of amides is 1. The molecule has 0 heterocycles. The quantitative estimate of drug-likeness (QED) is 0.514. The van der Waals surface area contributed by atoms with E-state index < -0.39 is 5.60 Å². The molecule has 0 saturated carbocycles. The third kappa shape index (κ3) is 13.4. The molecule has 4 nitrogen and oxygen atoms in total. The molecule has 138 valence electrons. The highest BCUT2D eigenvalue weighted by Crippen LogP contribution is 2.10. The lowest BCUT2D eigenvalue weighted by atomic mass is 10.1. The molecule has 1 N–H and O–H groups in total. The van der Waals surface area contributed by atoms with Crippen molar-refractivity contribution in [1.82, 2.24) is 10.2 Å². The predicted octanol–water partition coefficient (Wildman–Crippen LogP) is 4.97. The Balaban J connectivity index is 3.76. The Hall–Kier alpha value is -0.770. The van der Waals surface area contributed by atoms with Crippen molar-refractivity contribution in [3.63, 3.8) is 0 Å². The molecule has 0 bridgehead atoms. The standard InChI is InChI=1S/C19H40N2O2/c1-7-9-10-11-12-14-17(3)20-15-13-16-21(8-2)18(22)23-19(4,5)6/h17,20H,7-16H2,1-6H3. The normalized spacial score (nSPS) is 13.0. The van der Waals surface area contributed by atoms with E-state index in [2.05, 4.69) is 19.2 Å². The number of carbonyl (C=O) groups is 1. The van der Waals surface area contributed by atoms with Crippen LogP contribution < -0.4 is 5.32 Å². The first kappa shape index (κ1) is 22.2. The minimum Gasteiger partial charge on any atom is -0.444 e. The third-order valence-corrected chi connectivity index (χ3v) is 3.87. The largest absolute Gasteiger partial charge is 0.444 e. The fourth-order valence-electron chi connectivity index (χ4n) is 2.48. The molecule has 0 aliphatic carbocycles. The zero-order valence-electron chi connectivity index (χ0n) is 16.4. The lowest BCUT2D eigenvalue weighted by Crippen LogP contribution is -2.38. The zero-order chi connectivity index (χ0) is 17.7. The van der Waals surface area contributed by atoms with Crippen molar-refractivity contribution < 1.29 is 9.53 Å². The smallest absolute Gasteiger partial charge is 0.410 e. The molecule has 4 heteroatoms. The first-order valence-electron chi connectivity index (χ1n) is 9.51. The summed E-state index contributed by atoms with van der Waals surface area (Å²) in [5.41, 5.74) is -0.422. The molecule has 0 aromatic rings. The Morgan fingerprint density at radius 2 is 1.74 bits per heavy atom. The van der Waals surface area contributed by atoms with Gasteiger partial charge in [0.25, 0.3) is 0 Å². The molecule has 23 heavy (non-hydrogen) atoms. The number of hydrogen-bond acceptors (Lipinski definition) is 3. The van der Waals surface area contributed by atoms with Crippen LogP contribution in [0.5, 0.6) is 0 Å². The fraction of sp³-hybridized carbons (Fsp3) is 0.947. The van der Waals surface area contributed by atoms with Gasteiger partial charge in [0, 0.05) is 19.1 Å². The van der Waals surface area contributed by atoms with Crippen LogP contribution in [0.15, 0.2) is 0 Å². The van der Waals surface area contributed by atoms with Crippen LogP contribution in [-0.4, -0.2) is 42.3 Å². The summed E-state index contributed by atoms with van der Waals surface area (Å²) in [7, 11) is 0. The Bertz CT molecular complexity index is 300. The third-order valence-electron chi connectivity index (χ3n) is 3.87. The van der Waals surface area contributed by atoms with Crippen LogP contribution in [0.25, 0.3) is 0 Å². The SMILES string of the molecule is CCCCCCCC(C)NCCCN(CC)C(=O)OC(C)(C)C. The van der Waals surface area contributed by atoms with Gasteiger partial charge in [0.05, 0.1) is 0 Å². The van der Waals surface area contributed by atoms with Gasteiger partial charge in [0.1, 0.15) is 5.60 Å². The topological polar surface area (TPSA) is 41.6 Å². The first-order valence-corrected chi connectivity index (χ1v) is 9.51. The van der Waals surface area contributed by atoms with Crippen molar-refractivity contribution in [2.24, 2.45) is 0 Å². The van der Waals surface area contributed by atoms with Crippen molar-refractivity contribution >= 4 is 6.09 Å². The maximum absolute atomic E-state index is 12.0. The van der Waals surface area contributed by atoms with Gasteiger partial charge in [0.15, 0.2) is 0 Å². The fourth-order valence-corrected chi connectivity index (χ4v) is 2.48. The maximum atomic E-state index is 12.0. The molecule has 1 unspecified atom stereocenters. The highest BCUT2D eigenvalue weighted by molar-refractivity contribution is 5.68. The van der Waals surface area contributed by atoms with Crippen LogP contribution in [0.3, 0.4) is 0 Å². The summed E-state index contributed by atoms with van der Waals surface area (Å²) in [5.74, 6) is 0. The summed E-state index contributed by atoms with van der Waals surface area (Å²) in [6, 6.07) is 0.563. The molecule has 0 aliphatic rings. The van der Waals surface area contributed by atoms with Gasteiger partial charge in [-0.15, -0.1) is 0 Å². The van der Waals surface area contributed by atoms with Gasteiger partial charge < -0.3 is 15.0 Å². The van der Waals surface area contributed by atoms with Gasteiger partial charge in [-0.25, -0.2) is 4.79 Å². The minimum atomic E-state index is -0.422. The number of carbonyl (C=O) groups excluding carboxylic acids is 1. The second kappa shape index (κ2) is 12.6. The van der Waals surface area contributed by atoms with E-state index in [-0.39, 0.29) is 6.09 Å². The number of hydrogen-bond donors (Lipinski definition) is 1. The van der Waals surface area contributed by atoms with Crippen molar-refractivity contribution in [2.45, 2.75) is 98.1 Å². The predicted molar refractivity (Wildman–Crippen MR) is 98.9 cm³/mol. The van der Waals surface area contributed by atoms with E-state index in [4.69, 9.17) is 4.74 Å². The molecule has 0 aliphatic heterocycles. The molecule has 0 spiro atoms. The second-order valence-corrected chi connectivity index (χ2v) is 7.47. The van der Waals surface area contributed by atoms with Crippen LogP contribution in [-0.2, 0) is 4.74 Å². The average Bonchev–Trinajstić information content (AvgIpc) is 2.45. The Morgan fingerprint density at radius 3 is 2.30 bits per heavy atom. The second-order valence-electron chi connectivity index (χ2n) is 7.47. The monoisotopic (exact) mass is 328 g/mol. The molecule has 0 fully saturated rings. The zero-order valence-corrected chi connectivity index (χ0v) is 16.4. The van der Waals surface area contributed by atoms with Crippen LogP contribution in [0.1, 0.15) is 86.5 Å². The lowest BCUT2D eigenvalue weighted by molar-refractivity contribution is 0.0258. The summed E-state index contributed by atoms with van der Waals surface area (Å²) < 4.78 is 5.42. The minimum absolute atomic E-state index is 0.205. The van der Waals surface area contributed by atoms with E-state index in [9.17, 15) is 4.79 Å². The molecule has 0 aromatic heterocycles. The molecular formula is C19H40N2O2. The number of rotatable bonds is 12. The van der Waals surface area contributed by atoms with Crippen molar-refractivity contribution in [1.29, 1.82) is 0 Å². The summed E-state index contributed by atoms with van der Waals surface area (Å²) >= 11 is 0. The van der Waals surface area contributed by atoms with E-state index >= 15 is 0 Å². The first-order chi connectivity index (χ1) is 10.8. The Kier molecular flexibility index (Phi) is 12.2. The van der Waals surface area contributed by atoms with Gasteiger partial charge in [-0.05, 0) is 54.0 Å². The van der Waals surface area contributed by atoms with E-state index in [1.165, 1.54) is 38.5 Å². The van der Waals surface area contributed by atoms with Gasteiger partial charge in [-0.3, -0.25) is 0 Å². The van der Waals surface area contributed by atoms with Crippen LogP contribution >= 0.6 is 0 Å². The van der Waals surface area contributed by atoms with Crippen LogP contribution in [0.2, 0.25) is 0 Å². The van der Waals surface area contributed by atoms with E-state index in [0.29, 0.717) is 12.6 Å². The Labute approximate surface area is 144 Å². The van der Waals surface area contributed by atoms with Gasteiger partial charge in [-0.2, -0.15) is 0 Å². The number of nitrogens with zero attached hydrogens (tertiary/aromatic N) is 1. The van der Waals surface area contributed by atoms with E-state index in [1.807, 2.05) is 27.7 Å².